The summed E-state index contributed by atoms with van der Waals surface area (Å²) in [5.74, 6) is 0. The van der Waals surface area contributed by atoms with Gasteiger partial charge in [-0.1, -0.05) is 11.6 Å². The first-order valence-electron chi connectivity index (χ1n) is 7.53. The highest BCUT2D eigenvalue weighted by Crippen LogP contribution is 2.34. The van der Waals surface area contributed by atoms with E-state index in [0.29, 0.717) is 0 Å². The third-order valence-corrected chi connectivity index (χ3v) is 5.06. The highest BCUT2D eigenvalue weighted by Gasteiger charge is 2.23. The largest absolute Gasteiger partial charge is 0.396 e. The van der Waals surface area contributed by atoms with Crippen LogP contribution in [0.25, 0.3) is 10.9 Å². The Balaban J connectivity index is 2.04. The molecule has 0 spiro atoms. The van der Waals surface area contributed by atoms with Crippen molar-refractivity contribution in [2.24, 2.45) is 4.99 Å². The molecule has 4 nitrogen and oxygen atoms in total. The number of benzene rings is 1. The Kier molecular flexibility index (Phi) is 4.36. The number of thioether (sulfide) groups is 1. The number of fused-ring (bicyclic) bond motifs is 2. The Morgan fingerprint density at radius 2 is 2.14 bits per heavy atom. The quantitative estimate of drug-likeness (QED) is 0.945. The van der Waals surface area contributed by atoms with Crippen LogP contribution in [0.5, 0.6) is 0 Å². The van der Waals surface area contributed by atoms with Crippen molar-refractivity contribution < 1.29 is 5.11 Å². The molecule has 0 bridgehead atoms. The maximum atomic E-state index is 9.07. The van der Waals surface area contributed by atoms with Crippen molar-refractivity contribution in [2.75, 3.05) is 20.2 Å². The fraction of sp³-hybridized carbons (Fsp3) is 0.412. The lowest BCUT2D eigenvalue weighted by atomic mass is 10.1. The number of aliphatic hydroxyl groups is 1. The number of rotatable bonds is 3. The van der Waals surface area contributed by atoms with E-state index >= 15 is 0 Å². The van der Waals surface area contributed by atoms with Gasteiger partial charge in [0.25, 0.3) is 0 Å². The highest BCUT2D eigenvalue weighted by atomic mass is 32.2. The first kappa shape index (κ1) is 15.3. The number of nitrogens with zero attached hydrogens (tertiary/aromatic N) is 3. The van der Waals surface area contributed by atoms with E-state index in [2.05, 4.69) is 41.9 Å². The molecule has 2 heterocycles. The zero-order valence-corrected chi connectivity index (χ0v) is 14.1. The Morgan fingerprint density at radius 3 is 2.86 bits per heavy atom. The molecule has 0 amide bonds. The second-order valence-corrected chi connectivity index (χ2v) is 6.67. The van der Waals surface area contributed by atoms with Gasteiger partial charge in [-0.2, -0.15) is 0 Å². The Labute approximate surface area is 135 Å². The smallest absolute Gasteiger partial charge is 0.165 e. The molecule has 0 saturated heterocycles. The van der Waals surface area contributed by atoms with Crippen LogP contribution in [0, 0.1) is 13.8 Å². The lowest BCUT2D eigenvalue weighted by Gasteiger charge is -2.30. The van der Waals surface area contributed by atoms with Gasteiger partial charge >= 0.3 is 0 Å². The normalized spacial score (nSPS) is 16.4. The summed E-state index contributed by atoms with van der Waals surface area (Å²) in [6.45, 7) is 6.07. The number of aryl methyl sites for hydroxylation is 2. The lowest BCUT2D eigenvalue weighted by molar-refractivity contribution is 0.265. The molecule has 0 saturated carbocycles. The summed E-state index contributed by atoms with van der Waals surface area (Å²) < 4.78 is 0. The molecule has 0 atom stereocenters. The molecule has 22 heavy (non-hydrogen) atoms. The van der Waals surface area contributed by atoms with Gasteiger partial charge in [0.1, 0.15) is 5.03 Å². The minimum absolute atomic E-state index is 0.208. The molecule has 116 valence electrons. The zero-order chi connectivity index (χ0) is 15.7. The first-order valence-corrected chi connectivity index (χ1v) is 8.35. The molecule has 0 fully saturated rings. The third-order valence-electron chi connectivity index (χ3n) is 3.89. The molecule has 0 aliphatic carbocycles. The van der Waals surface area contributed by atoms with Crippen LogP contribution in [-0.2, 0) is 6.54 Å². The number of aliphatic imine (C=N–C) groups is 1. The van der Waals surface area contributed by atoms with Crippen LogP contribution in [-0.4, -0.2) is 40.4 Å². The molecule has 3 rings (SSSR count). The SMILES string of the molecule is CN=C1Sc2nc3c(C)cc(C)cc3cc2CN1CCCO. The van der Waals surface area contributed by atoms with Crippen molar-refractivity contribution >= 4 is 27.8 Å². The summed E-state index contributed by atoms with van der Waals surface area (Å²) in [5, 5.41) is 12.3. The van der Waals surface area contributed by atoms with Gasteiger partial charge in [-0.05, 0) is 49.7 Å². The summed E-state index contributed by atoms with van der Waals surface area (Å²) in [6, 6.07) is 6.63. The van der Waals surface area contributed by atoms with Crippen LogP contribution < -0.4 is 0 Å². The average molecular weight is 315 g/mol. The van der Waals surface area contributed by atoms with E-state index in [1.54, 1.807) is 11.8 Å². The highest BCUT2D eigenvalue weighted by molar-refractivity contribution is 8.13. The Hall–Kier alpha value is -1.59. The van der Waals surface area contributed by atoms with E-state index in [1.165, 1.54) is 22.1 Å². The van der Waals surface area contributed by atoms with Gasteiger partial charge in [0.05, 0.1) is 5.52 Å². The van der Waals surface area contributed by atoms with E-state index < -0.39 is 0 Å². The van der Waals surface area contributed by atoms with Gasteiger partial charge in [0.15, 0.2) is 5.17 Å². The van der Waals surface area contributed by atoms with Crippen LogP contribution in [0.1, 0.15) is 23.1 Å². The van der Waals surface area contributed by atoms with E-state index in [0.717, 1.165) is 35.2 Å². The number of aliphatic hydroxyl groups excluding tert-OH is 1. The van der Waals surface area contributed by atoms with Gasteiger partial charge in [-0.3, -0.25) is 4.99 Å². The summed E-state index contributed by atoms with van der Waals surface area (Å²) in [4.78, 5) is 11.5. The second-order valence-electron chi connectivity index (χ2n) is 5.71. The molecule has 5 heteroatoms. The van der Waals surface area contributed by atoms with Crippen molar-refractivity contribution in [1.29, 1.82) is 0 Å². The van der Waals surface area contributed by atoms with Crippen LogP contribution in [0.3, 0.4) is 0 Å². The van der Waals surface area contributed by atoms with Crippen molar-refractivity contribution in [2.45, 2.75) is 31.8 Å². The third kappa shape index (κ3) is 2.83. The maximum Gasteiger partial charge on any atom is 0.165 e. The molecule has 1 aromatic heterocycles. The molecular formula is C17H21N3OS. The van der Waals surface area contributed by atoms with E-state index in [4.69, 9.17) is 10.1 Å². The second kappa shape index (κ2) is 6.26. The molecule has 1 aliphatic heterocycles. The van der Waals surface area contributed by atoms with Gasteiger partial charge in [0.2, 0.25) is 0 Å². The number of hydrogen-bond acceptors (Lipinski definition) is 4. The standard InChI is InChI=1S/C17H21N3OS/c1-11-7-12(2)15-13(8-11)9-14-10-20(5-4-6-21)17(18-3)22-16(14)19-15/h7-9,21H,4-6,10H2,1-3H3. The maximum absolute atomic E-state index is 9.07. The number of aromatic nitrogens is 1. The summed E-state index contributed by atoms with van der Waals surface area (Å²) in [6.07, 6.45) is 0.758. The van der Waals surface area contributed by atoms with E-state index in [9.17, 15) is 0 Å². The van der Waals surface area contributed by atoms with Gasteiger partial charge in [-0.15, -0.1) is 0 Å². The van der Waals surface area contributed by atoms with Crippen LogP contribution in [0.4, 0.5) is 0 Å². The topological polar surface area (TPSA) is 48.7 Å². The van der Waals surface area contributed by atoms with E-state index in [-0.39, 0.29) is 6.61 Å². The van der Waals surface area contributed by atoms with Gasteiger partial charge in [0, 0.05) is 37.7 Å². The van der Waals surface area contributed by atoms with Gasteiger partial charge in [-0.25, -0.2) is 4.98 Å². The van der Waals surface area contributed by atoms with Crippen molar-refractivity contribution in [1.82, 2.24) is 9.88 Å². The van der Waals surface area contributed by atoms with Crippen molar-refractivity contribution in [3.8, 4) is 0 Å². The average Bonchev–Trinajstić information content (AvgIpc) is 2.50. The minimum atomic E-state index is 0.208. The fourth-order valence-electron chi connectivity index (χ4n) is 2.93. The predicted molar refractivity (Wildman–Crippen MR) is 92.5 cm³/mol. The number of pyridine rings is 1. The summed E-state index contributed by atoms with van der Waals surface area (Å²) in [7, 11) is 1.81. The van der Waals surface area contributed by atoms with Gasteiger partial charge < -0.3 is 10.0 Å². The Bertz CT molecular complexity index is 742. The monoisotopic (exact) mass is 315 g/mol. The lowest BCUT2D eigenvalue weighted by Crippen LogP contribution is -2.33. The molecule has 1 aliphatic rings. The summed E-state index contributed by atoms with van der Waals surface area (Å²) >= 11 is 1.63. The molecular weight excluding hydrogens is 294 g/mol. The molecule has 1 aromatic carbocycles. The summed E-state index contributed by atoms with van der Waals surface area (Å²) in [5.41, 5.74) is 4.81. The van der Waals surface area contributed by atoms with Crippen molar-refractivity contribution in [3.05, 3.63) is 34.9 Å². The number of hydrogen-bond donors (Lipinski definition) is 1. The minimum Gasteiger partial charge on any atom is -0.396 e. The predicted octanol–water partition coefficient (Wildman–Crippen LogP) is 3.13. The van der Waals surface area contributed by atoms with Crippen molar-refractivity contribution in [3.63, 3.8) is 0 Å². The van der Waals surface area contributed by atoms with E-state index in [1.807, 2.05) is 7.05 Å². The van der Waals surface area contributed by atoms with Crippen LogP contribution >= 0.6 is 11.8 Å². The fourth-order valence-corrected chi connectivity index (χ4v) is 3.87. The molecule has 2 aromatic rings. The Morgan fingerprint density at radius 1 is 1.32 bits per heavy atom. The zero-order valence-electron chi connectivity index (χ0n) is 13.3. The van der Waals surface area contributed by atoms with Crippen LogP contribution in [0.2, 0.25) is 0 Å². The molecule has 1 N–H and O–H groups in total. The van der Waals surface area contributed by atoms with Crippen LogP contribution in [0.15, 0.2) is 28.2 Å². The number of amidine groups is 1. The molecule has 0 radical (unpaired) electrons. The first-order chi connectivity index (χ1) is 10.6. The molecule has 0 unspecified atom stereocenters.